The van der Waals surface area contributed by atoms with Crippen molar-refractivity contribution in [3.8, 4) is 5.75 Å². The van der Waals surface area contributed by atoms with Crippen LogP contribution < -0.4 is 20.3 Å². The first-order chi connectivity index (χ1) is 18.0. The zero-order chi connectivity index (χ0) is 27.5. The summed E-state index contributed by atoms with van der Waals surface area (Å²) in [5.41, 5.74) is -1.49. The number of alkyl halides is 3. The Kier molecular flexibility index (Phi) is 8.18. The SMILES string of the molecule is CCCC1CC(NC(=O)C(C)(C)Oc2ccc(C(F)(F)F)cc2)CCN1c1ccc(C(=O)NC2CC2)cn1. The maximum absolute atomic E-state index is 13.1. The van der Waals surface area contributed by atoms with Crippen molar-refractivity contribution in [3.63, 3.8) is 0 Å². The van der Waals surface area contributed by atoms with Crippen molar-refractivity contribution in [2.75, 3.05) is 11.4 Å². The van der Waals surface area contributed by atoms with Gasteiger partial charge in [0.2, 0.25) is 0 Å². The molecule has 1 aromatic heterocycles. The second-order valence-electron chi connectivity index (χ2n) is 10.6. The lowest BCUT2D eigenvalue weighted by Gasteiger charge is -2.41. The molecular formula is C28H35F3N4O3. The fraction of sp³-hybridized carbons (Fsp3) is 0.536. The molecule has 2 amide bonds. The van der Waals surface area contributed by atoms with Crippen LogP contribution in [0.5, 0.6) is 5.75 Å². The molecule has 2 atom stereocenters. The van der Waals surface area contributed by atoms with Gasteiger partial charge < -0.3 is 20.3 Å². The highest BCUT2D eigenvalue weighted by Crippen LogP contribution is 2.31. The zero-order valence-electron chi connectivity index (χ0n) is 22.0. The van der Waals surface area contributed by atoms with Gasteiger partial charge in [0.15, 0.2) is 5.60 Å². The minimum Gasteiger partial charge on any atom is -0.478 e. The van der Waals surface area contributed by atoms with Crippen LogP contribution in [0.1, 0.15) is 75.2 Å². The van der Waals surface area contributed by atoms with Crippen LogP contribution in [-0.2, 0) is 11.0 Å². The number of hydrogen-bond acceptors (Lipinski definition) is 5. The van der Waals surface area contributed by atoms with Crippen LogP contribution in [-0.4, -0.2) is 47.1 Å². The Labute approximate surface area is 221 Å². The van der Waals surface area contributed by atoms with Gasteiger partial charge in [-0.3, -0.25) is 9.59 Å². The van der Waals surface area contributed by atoms with E-state index in [1.807, 2.05) is 6.07 Å². The van der Waals surface area contributed by atoms with Crippen molar-refractivity contribution in [1.29, 1.82) is 0 Å². The minimum atomic E-state index is -4.43. The molecule has 0 spiro atoms. The number of benzene rings is 1. The van der Waals surface area contributed by atoms with Gasteiger partial charge in [0.1, 0.15) is 11.6 Å². The fourth-order valence-corrected chi connectivity index (χ4v) is 4.69. The number of piperidine rings is 1. The Morgan fingerprint density at radius 2 is 1.74 bits per heavy atom. The first-order valence-corrected chi connectivity index (χ1v) is 13.2. The van der Waals surface area contributed by atoms with Crippen molar-refractivity contribution >= 4 is 17.6 Å². The average molecular weight is 533 g/mol. The smallest absolute Gasteiger partial charge is 0.416 e. The zero-order valence-corrected chi connectivity index (χ0v) is 22.0. The van der Waals surface area contributed by atoms with Crippen molar-refractivity contribution in [2.45, 2.75) is 89.2 Å². The van der Waals surface area contributed by atoms with Gasteiger partial charge in [0, 0.05) is 30.9 Å². The number of carbonyl (C=O) groups is 2. The highest BCUT2D eigenvalue weighted by Gasteiger charge is 2.36. The van der Waals surface area contributed by atoms with Crippen LogP contribution in [0.2, 0.25) is 0 Å². The Morgan fingerprint density at radius 3 is 2.32 bits per heavy atom. The summed E-state index contributed by atoms with van der Waals surface area (Å²) in [5.74, 6) is 0.578. The molecule has 38 heavy (non-hydrogen) atoms. The van der Waals surface area contributed by atoms with E-state index >= 15 is 0 Å². The Morgan fingerprint density at radius 1 is 1.03 bits per heavy atom. The number of aromatic nitrogens is 1. The summed E-state index contributed by atoms with van der Waals surface area (Å²) in [4.78, 5) is 32.2. The summed E-state index contributed by atoms with van der Waals surface area (Å²) in [7, 11) is 0. The largest absolute Gasteiger partial charge is 0.478 e. The van der Waals surface area contributed by atoms with Gasteiger partial charge in [-0.25, -0.2) is 4.98 Å². The molecule has 0 radical (unpaired) electrons. The highest BCUT2D eigenvalue weighted by molar-refractivity contribution is 5.94. The van der Waals surface area contributed by atoms with E-state index in [0.29, 0.717) is 18.5 Å². The molecule has 1 saturated heterocycles. The van der Waals surface area contributed by atoms with Gasteiger partial charge in [-0.2, -0.15) is 13.2 Å². The molecule has 2 N–H and O–H groups in total. The third kappa shape index (κ3) is 6.96. The molecule has 2 aromatic rings. The lowest BCUT2D eigenvalue weighted by atomic mass is 9.93. The normalized spacial score (nSPS) is 20.1. The number of rotatable bonds is 9. The molecule has 4 rings (SSSR count). The van der Waals surface area contributed by atoms with Crippen molar-refractivity contribution < 1.29 is 27.5 Å². The lowest BCUT2D eigenvalue weighted by molar-refractivity contribution is -0.138. The molecule has 10 heteroatoms. The van der Waals surface area contributed by atoms with Gasteiger partial charge in [0.25, 0.3) is 11.8 Å². The predicted molar refractivity (Wildman–Crippen MR) is 138 cm³/mol. The van der Waals surface area contributed by atoms with E-state index in [1.165, 1.54) is 12.1 Å². The monoisotopic (exact) mass is 532 g/mol. The van der Waals surface area contributed by atoms with Crippen LogP contribution in [0.25, 0.3) is 0 Å². The summed E-state index contributed by atoms with van der Waals surface area (Å²) >= 11 is 0. The number of carbonyl (C=O) groups excluding carboxylic acids is 2. The first-order valence-electron chi connectivity index (χ1n) is 13.2. The van der Waals surface area contributed by atoms with Gasteiger partial charge in [0.05, 0.1) is 11.1 Å². The Bertz CT molecular complexity index is 1120. The molecule has 2 fully saturated rings. The van der Waals surface area contributed by atoms with E-state index < -0.39 is 17.3 Å². The maximum Gasteiger partial charge on any atom is 0.416 e. The number of ether oxygens (including phenoxy) is 1. The second kappa shape index (κ2) is 11.2. The fourth-order valence-electron chi connectivity index (χ4n) is 4.69. The Balaban J connectivity index is 1.35. The standard InChI is InChI=1S/C28H35F3N4O3/c1-4-5-22-16-21(14-15-35(22)24-13-6-18(17-32-24)25(36)33-20-9-10-20)34-26(37)27(2,3)38-23-11-7-19(8-12-23)28(29,30)31/h6-8,11-13,17,20-22H,4-5,9-10,14-16H2,1-3H3,(H,33,36)(H,34,37). The third-order valence-corrected chi connectivity index (χ3v) is 6.99. The van der Waals surface area contributed by atoms with Crippen molar-refractivity contribution in [3.05, 3.63) is 53.7 Å². The van der Waals surface area contributed by atoms with Crippen LogP contribution in [0.3, 0.4) is 0 Å². The maximum atomic E-state index is 13.1. The van der Waals surface area contributed by atoms with Gasteiger partial charge in [-0.15, -0.1) is 0 Å². The molecule has 206 valence electrons. The van der Waals surface area contributed by atoms with Crippen LogP contribution in [0.4, 0.5) is 19.0 Å². The molecule has 7 nitrogen and oxygen atoms in total. The molecular weight excluding hydrogens is 497 g/mol. The van der Waals surface area contributed by atoms with E-state index in [-0.39, 0.29) is 35.7 Å². The van der Waals surface area contributed by atoms with Gasteiger partial charge >= 0.3 is 6.18 Å². The molecule has 2 aliphatic rings. The molecule has 1 aromatic carbocycles. The number of anilines is 1. The Hall–Kier alpha value is -3.30. The van der Waals surface area contributed by atoms with E-state index in [9.17, 15) is 22.8 Å². The first kappa shape index (κ1) is 27.7. The molecule has 1 saturated carbocycles. The molecule has 1 aliphatic heterocycles. The summed E-state index contributed by atoms with van der Waals surface area (Å²) in [6, 6.07) is 8.38. The summed E-state index contributed by atoms with van der Waals surface area (Å²) in [6.45, 7) is 6.00. The number of amides is 2. The topological polar surface area (TPSA) is 83.6 Å². The molecule has 0 bridgehead atoms. The van der Waals surface area contributed by atoms with Gasteiger partial charge in [-0.1, -0.05) is 13.3 Å². The van der Waals surface area contributed by atoms with Crippen LogP contribution in [0.15, 0.2) is 42.6 Å². The molecule has 2 heterocycles. The van der Waals surface area contributed by atoms with Crippen LogP contribution in [0, 0.1) is 0 Å². The van der Waals surface area contributed by atoms with Crippen LogP contribution >= 0.6 is 0 Å². The quantitative estimate of drug-likeness (QED) is 0.469. The number of nitrogens with one attached hydrogen (secondary N) is 2. The second-order valence-corrected chi connectivity index (χ2v) is 10.6. The van der Waals surface area contributed by atoms with Gasteiger partial charge in [-0.05, 0) is 82.3 Å². The number of pyridine rings is 1. The lowest BCUT2D eigenvalue weighted by Crippen LogP contribution is -2.55. The summed E-state index contributed by atoms with van der Waals surface area (Å²) < 4.78 is 44.3. The number of nitrogens with zero attached hydrogens (tertiary/aromatic N) is 2. The van der Waals surface area contributed by atoms with Crippen molar-refractivity contribution in [2.24, 2.45) is 0 Å². The summed E-state index contributed by atoms with van der Waals surface area (Å²) in [5, 5.41) is 6.05. The number of hydrogen-bond donors (Lipinski definition) is 2. The average Bonchev–Trinajstić information content (AvgIpc) is 3.68. The summed E-state index contributed by atoms with van der Waals surface area (Å²) in [6.07, 6.45) is 2.55. The van der Waals surface area contributed by atoms with E-state index in [1.54, 1.807) is 26.1 Å². The van der Waals surface area contributed by atoms with Crippen molar-refractivity contribution in [1.82, 2.24) is 15.6 Å². The van der Waals surface area contributed by atoms with E-state index in [0.717, 1.165) is 50.1 Å². The minimum absolute atomic E-state index is 0.0747. The van der Waals surface area contributed by atoms with E-state index in [4.69, 9.17) is 4.74 Å². The molecule has 1 aliphatic carbocycles. The predicted octanol–water partition coefficient (Wildman–Crippen LogP) is 5.10. The third-order valence-electron chi connectivity index (χ3n) is 6.99. The number of halogens is 3. The molecule has 2 unspecified atom stereocenters. The highest BCUT2D eigenvalue weighted by atomic mass is 19.4. The van der Waals surface area contributed by atoms with E-state index in [2.05, 4.69) is 27.4 Å².